The fraction of sp³-hybridized carbons (Fsp3) is 0.760. The van der Waals surface area contributed by atoms with E-state index in [1.165, 1.54) is 6.08 Å². The van der Waals surface area contributed by atoms with Crippen molar-refractivity contribution >= 4 is 11.6 Å². The van der Waals surface area contributed by atoms with Gasteiger partial charge < -0.3 is 19.7 Å². The number of carbonyl (C=O) groups excluding carboxylic acids is 2. The first kappa shape index (κ1) is 14.0. The van der Waals surface area contributed by atoms with Crippen molar-refractivity contribution in [2.45, 2.75) is 83.3 Å². The Morgan fingerprint density at radius 1 is 1.48 bits per heavy atom. The van der Waals surface area contributed by atoms with Gasteiger partial charge in [0.1, 0.15) is 6.56 Å². The zero-order valence-electron chi connectivity index (χ0n) is 26.0. The maximum Gasteiger partial charge on any atom is 0.211 e. The third kappa shape index (κ3) is 2.65. The van der Waals surface area contributed by atoms with Gasteiger partial charge in [0.05, 0.1) is 17.7 Å². The van der Waals surface area contributed by atoms with Crippen LogP contribution in [0.5, 0.6) is 0 Å². The maximum absolute atomic E-state index is 13.9. The monoisotopic (exact) mass is 438 g/mol. The molecule has 3 saturated carbocycles. The summed E-state index contributed by atoms with van der Waals surface area (Å²) in [5.74, 6) is -3.56. The minimum Gasteiger partial charge on any atom is -0.393 e. The third-order valence-corrected chi connectivity index (χ3v) is 8.67. The van der Waals surface area contributed by atoms with E-state index in [0.717, 1.165) is 0 Å². The van der Waals surface area contributed by atoms with Crippen LogP contribution >= 0.6 is 0 Å². The minimum atomic E-state index is -3.01. The van der Waals surface area contributed by atoms with Crippen LogP contribution in [-0.4, -0.2) is 55.3 Å². The van der Waals surface area contributed by atoms with E-state index in [4.69, 9.17) is 25.7 Å². The van der Waals surface area contributed by atoms with Crippen molar-refractivity contribution in [1.29, 1.82) is 2.86 Å². The van der Waals surface area contributed by atoms with Crippen LogP contribution in [-0.2, 0) is 19.1 Å². The lowest BCUT2D eigenvalue weighted by atomic mass is 9.46. The fourth-order valence-electron chi connectivity index (χ4n) is 7.39. The second-order valence-corrected chi connectivity index (χ2v) is 10.1. The summed E-state index contributed by atoms with van der Waals surface area (Å²) in [6, 6.07) is -0.958. The Bertz CT molecular complexity index is 1160. The highest BCUT2D eigenvalue weighted by Gasteiger charge is 2.75. The van der Waals surface area contributed by atoms with Gasteiger partial charge >= 0.3 is 0 Å². The number of fused-ring (bicyclic) bond motifs is 7. The highest BCUT2D eigenvalue weighted by atomic mass is 16.7. The Labute approximate surface area is 195 Å². The number of ketones is 2. The Kier molecular flexibility index (Phi) is 3.20. The van der Waals surface area contributed by atoms with Gasteiger partial charge in [-0.15, -0.1) is 0 Å². The van der Waals surface area contributed by atoms with Crippen LogP contribution in [0.3, 0.4) is 0 Å². The van der Waals surface area contributed by atoms with Crippen molar-refractivity contribution < 1.29 is 37.5 Å². The van der Waals surface area contributed by atoms with Crippen molar-refractivity contribution in [3.8, 4) is 0 Å². The Hall–Kier alpha value is -1.34. The Balaban J connectivity index is 1.68. The zero-order valence-corrected chi connectivity index (χ0v) is 18.0. The molecular weight excluding hydrogens is 396 g/mol. The molecule has 0 aromatic carbocycles. The highest BCUT2D eigenvalue weighted by Crippen LogP contribution is 2.69. The highest BCUT2D eigenvalue weighted by molar-refractivity contribution is 6.01. The van der Waals surface area contributed by atoms with Crippen LogP contribution < -0.4 is 0 Å². The topological polar surface area (TPSA) is 93.1 Å². The van der Waals surface area contributed by atoms with Crippen molar-refractivity contribution in [2.24, 2.45) is 28.6 Å². The van der Waals surface area contributed by atoms with Crippen molar-refractivity contribution in [2.75, 3.05) is 6.56 Å². The fourth-order valence-corrected chi connectivity index (χ4v) is 7.39. The Morgan fingerprint density at radius 3 is 3.06 bits per heavy atom. The average molecular weight is 439 g/mol. The van der Waals surface area contributed by atoms with Gasteiger partial charge in [0, 0.05) is 19.5 Å². The summed E-state index contributed by atoms with van der Waals surface area (Å²) < 4.78 is 78.7. The zero-order chi connectivity index (χ0) is 28.9. The SMILES string of the molecule is [2H]OC1C[C@@]2(C)C(C[C@@H]3OC(CCC)O[C@]32C(=O)C([2H])([2H])O[2H])C2CC([2H])([2H])C3=C([2H])C(=O)C([2H])=C[C@]3(C)C12. The molecule has 4 fully saturated rings. The van der Waals surface area contributed by atoms with Gasteiger partial charge in [-0.2, -0.15) is 0 Å². The average Bonchev–Trinajstić information content (AvgIpc) is 3.33. The lowest BCUT2D eigenvalue weighted by molar-refractivity contribution is -0.200. The number of aliphatic hydroxyl groups excluding tert-OH is 1. The van der Waals surface area contributed by atoms with Gasteiger partial charge in [0.2, 0.25) is 2.86 Å². The number of aliphatic hydroxyl groups is 2. The summed E-state index contributed by atoms with van der Waals surface area (Å²) in [6.45, 7) is 2.34. The summed E-state index contributed by atoms with van der Waals surface area (Å²) in [5.41, 5.74) is -4.36. The van der Waals surface area contributed by atoms with Gasteiger partial charge in [-0.25, -0.2) is 0 Å². The molecule has 1 aliphatic heterocycles. The smallest absolute Gasteiger partial charge is 0.211 e. The van der Waals surface area contributed by atoms with E-state index in [9.17, 15) is 9.59 Å². The molecule has 170 valence electrons. The summed E-state index contributed by atoms with van der Waals surface area (Å²) in [7, 11) is 0. The molecule has 0 bridgehead atoms. The van der Waals surface area contributed by atoms with E-state index in [2.05, 4.69) is 5.11 Å². The van der Waals surface area contributed by atoms with Crippen LogP contribution in [0, 0.1) is 28.6 Å². The van der Waals surface area contributed by atoms with E-state index >= 15 is 0 Å². The van der Waals surface area contributed by atoms with E-state index in [0.29, 0.717) is 12.8 Å². The van der Waals surface area contributed by atoms with Gasteiger partial charge in [-0.05, 0) is 56.0 Å². The molecule has 5 rings (SSSR count). The molecule has 6 nitrogen and oxygen atoms in total. The van der Waals surface area contributed by atoms with Crippen molar-refractivity contribution in [1.82, 2.24) is 0 Å². The maximum atomic E-state index is 13.9. The number of rotatable bonds is 6. The summed E-state index contributed by atoms with van der Waals surface area (Å²) >= 11 is 0. The van der Waals surface area contributed by atoms with Crippen LogP contribution in [0.25, 0.3) is 0 Å². The summed E-state index contributed by atoms with van der Waals surface area (Å²) in [5, 5.41) is 9.50. The number of carbonyl (C=O) groups is 2. The van der Waals surface area contributed by atoms with Crippen LogP contribution in [0.2, 0.25) is 0 Å². The van der Waals surface area contributed by atoms with Crippen LogP contribution in [0.15, 0.2) is 23.8 Å². The van der Waals surface area contributed by atoms with Gasteiger partial charge in [-0.3, -0.25) is 9.59 Å². The standard InChI is InChI=1S/C25H34O6/c1-4-5-21-30-20-11-17-16-7-6-14-10-15(27)8-9-23(14,2)22(16)18(28)12-24(17,3)25(20,31-21)19(29)13-26/h8-10,16-18,20-22,26,28H,4-7,11-13H2,1-3H3/t16?,17?,18?,20-,21?,22?,23-,24-,25+/m0/s1/i6D2,8D,10D,13D2,26D,28D. The summed E-state index contributed by atoms with van der Waals surface area (Å²) in [4.78, 5) is 26.5. The first-order valence-electron chi connectivity index (χ1n) is 15.0. The first-order chi connectivity index (χ1) is 18.1. The number of hydrogen-bond donors (Lipinski definition) is 2. The summed E-state index contributed by atoms with van der Waals surface area (Å²) in [6.07, 6.45) is -2.08. The molecule has 4 aliphatic carbocycles. The van der Waals surface area contributed by atoms with E-state index in [1.807, 2.05) is 6.92 Å². The molecule has 6 heteroatoms. The molecule has 1 saturated heterocycles. The molecule has 0 aromatic rings. The molecule has 0 radical (unpaired) electrons. The number of ether oxygens (including phenoxy) is 2. The number of Topliss-reactive ketones (excluding diaryl/α,β-unsaturated/α-hetero) is 1. The molecule has 1 heterocycles. The number of hydrogen-bond acceptors (Lipinski definition) is 6. The molecule has 2 N–H and O–H groups in total. The van der Waals surface area contributed by atoms with E-state index in [-0.39, 0.29) is 24.8 Å². The van der Waals surface area contributed by atoms with E-state index in [1.54, 1.807) is 13.8 Å². The molecule has 0 spiro atoms. The van der Waals surface area contributed by atoms with Crippen molar-refractivity contribution in [3.05, 3.63) is 23.8 Å². The molecule has 0 amide bonds. The van der Waals surface area contributed by atoms with Crippen LogP contribution in [0.1, 0.15) is 67.5 Å². The molecular formula is C25H34O6. The van der Waals surface area contributed by atoms with Gasteiger partial charge in [-0.1, -0.05) is 38.8 Å². The van der Waals surface area contributed by atoms with E-state index < -0.39 is 89.3 Å². The third-order valence-electron chi connectivity index (χ3n) is 8.67. The molecule has 31 heavy (non-hydrogen) atoms. The molecule has 5 unspecified atom stereocenters. The second kappa shape index (κ2) is 7.08. The lowest BCUT2D eigenvalue weighted by Crippen LogP contribution is -2.63. The van der Waals surface area contributed by atoms with Crippen LogP contribution in [0.4, 0.5) is 0 Å². The molecule has 9 atom stereocenters. The van der Waals surface area contributed by atoms with Crippen molar-refractivity contribution in [3.63, 3.8) is 0 Å². The largest absolute Gasteiger partial charge is 0.393 e. The predicted octanol–water partition coefficient (Wildman–Crippen LogP) is 2.72. The quantitative estimate of drug-likeness (QED) is 0.662. The Morgan fingerprint density at radius 2 is 2.32 bits per heavy atom. The lowest BCUT2D eigenvalue weighted by Gasteiger charge is -2.59. The predicted molar refractivity (Wildman–Crippen MR) is 113 cm³/mol. The van der Waals surface area contributed by atoms with Gasteiger partial charge in [0.25, 0.3) is 0 Å². The first-order valence-corrected chi connectivity index (χ1v) is 11.2. The number of allylic oxidation sites excluding steroid dienone is 4. The van der Waals surface area contributed by atoms with Gasteiger partial charge in [0.15, 0.2) is 23.5 Å². The molecule has 5 aliphatic rings. The minimum absolute atomic E-state index is 0.0265. The normalized spacial score (nSPS) is 56.7. The second-order valence-electron chi connectivity index (χ2n) is 10.1. The molecule has 0 aromatic heterocycles.